The number of rotatable bonds is 4. The van der Waals surface area contributed by atoms with Gasteiger partial charge in [-0.3, -0.25) is 11.3 Å². The predicted octanol–water partition coefficient (Wildman–Crippen LogP) is 4.24. The second-order valence-electron chi connectivity index (χ2n) is 4.33. The van der Waals surface area contributed by atoms with Crippen LogP contribution in [0.1, 0.15) is 17.2 Å². The fraction of sp³-hybridized carbons (Fsp3) is 0.143. The SMILES string of the molecule is NNC(Cc1ccc(Br)cc1)c1c(F)cc(Br)cc1F. The topological polar surface area (TPSA) is 38.0 Å². The fourth-order valence-electron chi connectivity index (χ4n) is 1.99. The van der Waals surface area contributed by atoms with Gasteiger partial charge in [0.15, 0.2) is 0 Å². The van der Waals surface area contributed by atoms with E-state index in [0.717, 1.165) is 10.0 Å². The average molecular weight is 406 g/mol. The highest BCUT2D eigenvalue weighted by molar-refractivity contribution is 9.10. The molecule has 20 heavy (non-hydrogen) atoms. The maximum Gasteiger partial charge on any atom is 0.132 e. The normalized spacial score (nSPS) is 12.4. The minimum Gasteiger partial charge on any atom is -0.271 e. The van der Waals surface area contributed by atoms with E-state index in [1.54, 1.807) is 0 Å². The number of hydrogen-bond acceptors (Lipinski definition) is 2. The number of halogens is 4. The van der Waals surface area contributed by atoms with Gasteiger partial charge in [0.2, 0.25) is 0 Å². The number of hydrogen-bond donors (Lipinski definition) is 2. The molecule has 3 N–H and O–H groups in total. The molecule has 0 aliphatic rings. The Morgan fingerprint density at radius 2 is 1.55 bits per heavy atom. The lowest BCUT2D eigenvalue weighted by Gasteiger charge is -2.18. The second kappa shape index (κ2) is 6.76. The van der Waals surface area contributed by atoms with E-state index in [4.69, 9.17) is 5.84 Å². The zero-order chi connectivity index (χ0) is 14.7. The molecule has 2 rings (SSSR count). The molecule has 0 aliphatic heterocycles. The Labute approximate surface area is 132 Å². The largest absolute Gasteiger partial charge is 0.271 e. The maximum atomic E-state index is 13.9. The van der Waals surface area contributed by atoms with Crippen LogP contribution in [0.4, 0.5) is 8.78 Å². The van der Waals surface area contributed by atoms with Crippen molar-refractivity contribution in [3.05, 3.63) is 68.1 Å². The van der Waals surface area contributed by atoms with Gasteiger partial charge in [-0.1, -0.05) is 44.0 Å². The van der Waals surface area contributed by atoms with Gasteiger partial charge in [0.05, 0.1) is 6.04 Å². The van der Waals surface area contributed by atoms with E-state index in [1.807, 2.05) is 24.3 Å². The summed E-state index contributed by atoms with van der Waals surface area (Å²) in [5.41, 5.74) is 3.35. The van der Waals surface area contributed by atoms with Crippen molar-refractivity contribution in [2.75, 3.05) is 0 Å². The molecule has 0 heterocycles. The molecule has 2 nitrogen and oxygen atoms in total. The summed E-state index contributed by atoms with van der Waals surface area (Å²) in [4.78, 5) is 0. The minimum absolute atomic E-state index is 0.0568. The Bertz CT molecular complexity index is 580. The lowest BCUT2D eigenvalue weighted by Crippen LogP contribution is -2.31. The Morgan fingerprint density at radius 1 is 1.00 bits per heavy atom. The van der Waals surface area contributed by atoms with Gasteiger partial charge in [-0.05, 0) is 36.2 Å². The molecular formula is C14H12Br2F2N2. The van der Waals surface area contributed by atoms with Crippen molar-refractivity contribution in [1.29, 1.82) is 0 Å². The highest BCUT2D eigenvalue weighted by atomic mass is 79.9. The second-order valence-corrected chi connectivity index (χ2v) is 6.16. The summed E-state index contributed by atoms with van der Waals surface area (Å²) < 4.78 is 29.2. The molecule has 2 aromatic carbocycles. The van der Waals surface area contributed by atoms with E-state index in [9.17, 15) is 8.78 Å². The number of nitrogens with one attached hydrogen (secondary N) is 1. The van der Waals surface area contributed by atoms with E-state index in [2.05, 4.69) is 37.3 Å². The Kier molecular flexibility index (Phi) is 5.26. The Balaban J connectivity index is 2.31. The van der Waals surface area contributed by atoms with E-state index in [1.165, 1.54) is 12.1 Å². The molecule has 0 saturated carbocycles. The van der Waals surface area contributed by atoms with E-state index < -0.39 is 17.7 Å². The Hall–Kier alpha value is -0.820. The highest BCUT2D eigenvalue weighted by Crippen LogP contribution is 2.27. The molecule has 106 valence electrons. The van der Waals surface area contributed by atoms with Gasteiger partial charge >= 0.3 is 0 Å². The summed E-state index contributed by atoms with van der Waals surface area (Å²) in [5, 5.41) is 0. The van der Waals surface area contributed by atoms with Crippen molar-refractivity contribution in [2.24, 2.45) is 5.84 Å². The lowest BCUT2D eigenvalue weighted by molar-refractivity contribution is 0.472. The van der Waals surface area contributed by atoms with Crippen LogP contribution in [0.5, 0.6) is 0 Å². The summed E-state index contributed by atoms with van der Waals surface area (Å²) in [6, 6.07) is 9.32. The van der Waals surface area contributed by atoms with Crippen LogP contribution >= 0.6 is 31.9 Å². The molecular weight excluding hydrogens is 394 g/mol. The fourth-order valence-corrected chi connectivity index (χ4v) is 2.65. The number of benzene rings is 2. The molecule has 1 atom stereocenters. The third kappa shape index (κ3) is 3.63. The third-order valence-corrected chi connectivity index (χ3v) is 3.93. The third-order valence-electron chi connectivity index (χ3n) is 2.95. The summed E-state index contributed by atoms with van der Waals surface area (Å²) in [5.74, 6) is 4.20. The molecule has 1 unspecified atom stereocenters. The van der Waals surface area contributed by atoms with Crippen LogP contribution in [0.3, 0.4) is 0 Å². The molecule has 0 radical (unpaired) electrons. The monoisotopic (exact) mass is 404 g/mol. The van der Waals surface area contributed by atoms with Crippen molar-refractivity contribution in [1.82, 2.24) is 5.43 Å². The van der Waals surface area contributed by atoms with Gasteiger partial charge in [0.25, 0.3) is 0 Å². The molecule has 6 heteroatoms. The first-order valence-corrected chi connectivity index (χ1v) is 7.45. The van der Waals surface area contributed by atoms with Crippen molar-refractivity contribution in [3.8, 4) is 0 Å². The van der Waals surface area contributed by atoms with Crippen LogP contribution in [-0.4, -0.2) is 0 Å². The van der Waals surface area contributed by atoms with E-state index >= 15 is 0 Å². The van der Waals surface area contributed by atoms with Crippen LogP contribution in [0.2, 0.25) is 0 Å². The molecule has 0 aromatic heterocycles. The first kappa shape index (κ1) is 15.6. The van der Waals surface area contributed by atoms with Crippen molar-refractivity contribution >= 4 is 31.9 Å². The van der Waals surface area contributed by atoms with Crippen molar-refractivity contribution in [2.45, 2.75) is 12.5 Å². The van der Waals surface area contributed by atoms with E-state index in [-0.39, 0.29) is 5.56 Å². The van der Waals surface area contributed by atoms with Gasteiger partial charge in [-0.15, -0.1) is 0 Å². The predicted molar refractivity (Wildman–Crippen MR) is 82.0 cm³/mol. The minimum atomic E-state index is -0.635. The van der Waals surface area contributed by atoms with Gasteiger partial charge in [-0.2, -0.15) is 0 Å². The van der Waals surface area contributed by atoms with Crippen LogP contribution < -0.4 is 11.3 Å². The smallest absolute Gasteiger partial charge is 0.132 e. The molecule has 0 bridgehead atoms. The first-order chi connectivity index (χ1) is 9.51. The van der Waals surface area contributed by atoms with Crippen LogP contribution in [0, 0.1) is 11.6 Å². The molecule has 0 saturated heterocycles. The van der Waals surface area contributed by atoms with Gasteiger partial charge < -0.3 is 0 Å². The molecule has 0 fully saturated rings. The van der Waals surface area contributed by atoms with Gasteiger partial charge in [-0.25, -0.2) is 8.78 Å². The average Bonchev–Trinajstić information content (AvgIpc) is 2.38. The standard InChI is InChI=1S/C14H12Br2F2N2/c15-9-3-1-8(2-4-9)5-13(20-19)14-11(17)6-10(16)7-12(14)18/h1-4,6-7,13,20H,5,19H2. The lowest BCUT2D eigenvalue weighted by atomic mass is 9.98. The van der Waals surface area contributed by atoms with Crippen LogP contribution in [0.25, 0.3) is 0 Å². The number of hydrazine groups is 1. The van der Waals surface area contributed by atoms with Crippen LogP contribution in [-0.2, 0) is 6.42 Å². The van der Waals surface area contributed by atoms with Crippen molar-refractivity contribution in [3.63, 3.8) is 0 Å². The zero-order valence-corrected chi connectivity index (χ0v) is 13.5. The first-order valence-electron chi connectivity index (χ1n) is 5.86. The molecule has 0 spiro atoms. The summed E-state index contributed by atoms with van der Waals surface area (Å²) in [6.07, 6.45) is 0.388. The molecule has 0 amide bonds. The van der Waals surface area contributed by atoms with Crippen LogP contribution in [0.15, 0.2) is 45.3 Å². The number of nitrogens with two attached hydrogens (primary N) is 1. The maximum absolute atomic E-state index is 13.9. The molecule has 0 aliphatic carbocycles. The highest BCUT2D eigenvalue weighted by Gasteiger charge is 2.20. The van der Waals surface area contributed by atoms with Gasteiger partial charge in [0.1, 0.15) is 11.6 Å². The summed E-state index contributed by atoms with van der Waals surface area (Å²) >= 11 is 6.40. The van der Waals surface area contributed by atoms with Crippen molar-refractivity contribution < 1.29 is 8.78 Å². The van der Waals surface area contributed by atoms with E-state index in [0.29, 0.717) is 10.9 Å². The summed E-state index contributed by atoms with van der Waals surface area (Å²) in [6.45, 7) is 0. The van der Waals surface area contributed by atoms with Gasteiger partial charge in [0, 0.05) is 14.5 Å². The zero-order valence-electron chi connectivity index (χ0n) is 10.3. The summed E-state index contributed by atoms with van der Waals surface area (Å²) in [7, 11) is 0. The molecule has 2 aromatic rings. The quantitative estimate of drug-likeness (QED) is 0.589. The Morgan fingerprint density at radius 3 is 2.05 bits per heavy atom.